The highest BCUT2D eigenvalue weighted by molar-refractivity contribution is 6.29. The predicted molar refractivity (Wildman–Crippen MR) is 76.8 cm³/mol. The molecule has 2 heteroatoms. The molecule has 2 bridgehead atoms. The first-order valence-corrected chi connectivity index (χ1v) is 7.29. The van der Waals surface area contributed by atoms with Crippen LogP contribution in [0.4, 0.5) is 0 Å². The molecular formula is C18H16O2. The van der Waals surface area contributed by atoms with Gasteiger partial charge in [-0.25, -0.2) is 0 Å². The number of rotatable bonds is 1. The van der Waals surface area contributed by atoms with Gasteiger partial charge in [0.1, 0.15) is 0 Å². The highest BCUT2D eigenvalue weighted by atomic mass is 16.1. The molecule has 0 aromatic heterocycles. The molecule has 4 aliphatic carbocycles. The lowest BCUT2D eigenvalue weighted by atomic mass is 9.57. The van der Waals surface area contributed by atoms with E-state index in [1.807, 2.05) is 30.3 Å². The van der Waals surface area contributed by atoms with Crippen LogP contribution < -0.4 is 0 Å². The molecule has 100 valence electrons. The molecule has 0 N–H and O–H groups in total. The van der Waals surface area contributed by atoms with Crippen LogP contribution in [0.25, 0.3) is 5.57 Å². The zero-order valence-corrected chi connectivity index (χ0v) is 11.2. The average molecular weight is 264 g/mol. The first kappa shape index (κ1) is 11.8. The van der Waals surface area contributed by atoms with E-state index in [1.54, 1.807) is 6.08 Å². The summed E-state index contributed by atoms with van der Waals surface area (Å²) in [5, 5.41) is 0. The number of carbonyl (C=O) groups excluding carboxylic acids is 2. The topological polar surface area (TPSA) is 34.1 Å². The smallest absolute Gasteiger partial charge is 0.168 e. The van der Waals surface area contributed by atoms with E-state index in [0.717, 1.165) is 18.4 Å². The Morgan fingerprint density at radius 2 is 1.50 bits per heavy atom. The summed E-state index contributed by atoms with van der Waals surface area (Å²) in [5.74, 6) is 0.626. The third-order valence-electron chi connectivity index (χ3n) is 5.02. The summed E-state index contributed by atoms with van der Waals surface area (Å²) >= 11 is 0. The van der Waals surface area contributed by atoms with Crippen molar-refractivity contribution in [2.24, 2.45) is 23.7 Å². The van der Waals surface area contributed by atoms with Crippen LogP contribution in [0.5, 0.6) is 0 Å². The van der Waals surface area contributed by atoms with E-state index in [9.17, 15) is 9.59 Å². The number of carbonyl (C=O) groups is 2. The molecule has 0 radical (unpaired) electrons. The minimum absolute atomic E-state index is 0.0984. The first-order chi connectivity index (χ1) is 9.75. The Bertz CT molecular complexity index is 639. The number of hydrogen-bond donors (Lipinski definition) is 0. The Balaban J connectivity index is 1.80. The summed E-state index contributed by atoms with van der Waals surface area (Å²) in [6.07, 6.45) is 8.00. The highest BCUT2D eigenvalue weighted by Gasteiger charge is 2.50. The van der Waals surface area contributed by atoms with Crippen LogP contribution in [0.1, 0.15) is 18.4 Å². The Kier molecular flexibility index (Phi) is 2.53. The van der Waals surface area contributed by atoms with Crippen molar-refractivity contribution in [3.8, 4) is 0 Å². The van der Waals surface area contributed by atoms with Gasteiger partial charge in [-0.1, -0.05) is 42.5 Å². The minimum atomic E-state index is -0.119. The van der Waals surface area contributed by atoms with Gasteiger partial charge in [-0.2, -0.15) is 0 Å². The number of Topliss-reactive ketones (excluding diaryl/α,β-unsaturated/α-hetero) is 1. The van der Waals surface area contributed by atoms with E-state index in [4.69, 9.17) is 0 Å². The minimum Gasteiger partial charge on any atom is -0.294 e. The van der Waals surface area contributed by atoms with Crippen LogP contribution in [0.15, 0.2) is 48.6 Å². The molecule has 2 nitrogen and oxygen atoms in total. The zero-order valence-electron chi connectivity index (χ0n) is 11.2. The van der Waals surface area contributed by atoms with Gasteiger partial charge in [-0.3, -0.25) is 9.59 Å². The molecule has 5 rings (SSSR count). The van der Waals surface area contributed by atoms with E-state index >= 15 is 0 Å². The van der Waals surface area contributed by atoms with Crippen molar-refractivity contribution in [1.29, 1.82) is 0 Å². The molecule has 0 heterocycles. The van der Waals surface area contributed by atoms with E-state index in [2.05, 4.69) is 12.2 Å². The van der Waals surface area contributed by atoms with Crippen LogP contribution in [0.2, 0.25) is 0 Å². The molecule has 0 saturated heterocycles. The van der Waals surface area contributed by atoms with Crippen LogP contribution in [-0.2, 0) is 9.59 Å². The molecule has 4 atom stereocenters. The number of allylic oxidation sites excluding steroid dienone is 4. The molecule has 1 aromatic rings. The van der Waals surface area contributed by atoms with Gasteiger partial charge in [0.2, 0.25) is 0 Å². The molecular weight excluding hydrogens is 248 g/mol. The van der Waals surface area contributed by atoms with Gasteiger partial charge < -0.3 is 0 Å². The Labute approximate surface area is 118 Å². The SMILES string of the molecule is O=C1C=C(c2ccccc2)C(=O)C2C3C=CC(CC3)C12. The monoisotopic (exact) mass is 264 g/mol. The predicted octanol–water partition coefficient (Wildman–Crippen LogP) is 3.05. The molecule has 1 aromatic carbocycles. The van der Waals surface area contributed by atoms with Crippen LogP contribution in [0.3, 0.4) is 0 Å². The highest BCUT2D eigenvalue weighted by Crippen LogP contribution is 2.49. The average Bonchev–Trinajstić information content (AvgIpc) is 2.52. The maximum absolute atomic E-state index is 12.8. The van der Waals surface area contributed by atoms with Gasteiger partial charge >= 0.3 is 0 Å². The van der Waals surface area contributed by atoms with Gasteiger partial charge in [-0.05, 0) is 36.3 Å². The van der Waals surface area contributed by atoms with Crippen molar-refractivity contribution in [1.82, 2.24) is 0 Å². The molecule has 1 saturated carbocycles. The Morgan fingerprint density at radius 1 is 0.850 bits per heavy atom. The largest absolute Gasteiger partial charge is 0.294 e. The summed E-state index contributed by atoms with van der Waals surface area (Å²) in [4.78, 5) is 25.3. The second-order valence-corrected chi connectivity index (χ2v) is 6.03. The second-order valence-electron chi connectivity index (χ2n) is 6.03. The van der Waals surface area contributed by atoms with Crippen molar-refractivity contribution in [3.63, 3.8) is 0 Å². The lowest BCUT2D eigenvalue weighted by Crippen LogP contribution is -2.47. The zero-order chi connectivity index (χ0) is 13.7. The number of ketones is 2. The summed E-state index contributed by atoms with van der Waals surface area (Å²) < 4.78 is 0. The van der Waals surface area contributed by atoms with Crippen molar-refractivity contribution < 1.29 is 9.59 Å². The first-order valence-electron chi connectivity index (χ1n) is 7.29. The summed E-state index contributed by atoms with van der Waals surface area (Å²) in [5.41, 5.74) is 1.48. The third-order valence-corrected chi connectivity index (χ3v) is 5.02. The van der Waals surface area contributed by atoms with Crippen LogP contribution in [-0.4, -0.2) is 11.6 Å². The van der Waals surface area contributed by atoms with Gasteiger partial charge in [0.15, 0.2) is 11.6 Å². The Hall–Kier alpha value is -1.96. The molecule has 0 spiro atoms. The van der Waals surface area contributed by atoms with Crippen molar-refractivity contribution >= 4 is 17.1 Å². The van der Waals surface area contributed by atoms with E-state index < -0.39 is 0 Å². The van der Waals surface area contributed by atoms with Crippen LogP contribution in [0, 0.1) is 23.7 Å². The molecule has 4 unspecified atom stereocenters. The molecule has 0 amide bonds. The fourth-order valence-electron chi connectivity index (χ4n) is 4.07. The second kappa shape index (κ2) is 4.27. The molecule has 1 fully saturated rings. The van der Waals surface area contributed by atoms with Crippen molar-refractivity contribution in [2.75, 3.05) is 0 Å². The number of fused-ring (bicyclic) bond motifs is 1. The quantitative estimate of drug-likeness (QED) is 0.731. The maximum atomic E-state index is 12.8. The Morgan fingerprint density at radius 3 is 2.15 bits per heavy atom. The summed E-state index contributed by atoms with van der Waals surface area (Å²) in [7, 11) is 0. The fourth-order valence-corrected chi connectivity index (χ4v) is 4.07. The molecule has 4 aliphatic rings. The normalized spacial score (nSPS) is 34.9. The summed E-state index contributed by atoms with van der Waals surface area (Å²) in [6.45, 7) is 0. The van der Waals surface area contributed by atoms with Crippen molar-refractivity contribution in [2.45, 2.75) is 12.8 Å². The van der Waals surface area contributed by atoms with Gasteiger partial charge in [0.05, 0.1) is 0 Å². The number of benzene rings is 1. The van der Waals surface area contributed by atoms with Gasteiger partial charge in [0.25, 0.3) is 0 Å². The van der Waals surface area contributed by atoms with Gasteiger partial charge in [-0.15, -0.1) is 0 Å². The third kappa shape index (κ3) is 1.57. The van der Waals surface area contributed by atoms with E-state index in [1.165, 1.54) is 0 Å². The number of hydrogen-bond acceptors (Lipinski definition) is 2. The van der Waals surface area contributed by atoms with Crippen molar-refractivity contribution in [3.05, 3.63) is 54.1 Å². The standard InChI is InChI=1S/C18H16O2/c19-15-10-14(11-4-2-1-3-5-11)18(20)17-13-8-6-12(7-9-13)16(15)17/h1-6,8,10,12-13,16-17H,7,9H2. The molecule has 20 heavy (non-hydrogen) atoms. The molecule has 0 aliphatic heterocycles. The fraction of sp³-hybridized carbons (Fsp3) is 0.333. The van der Waals surface area contributed by atoms with Gasteiger partial charge in [0, 0.05) is 17.4 Å². The van der Waals surface area contributed by atoms with Crippen LogP contribution >= 0.6 is 0 Å². The van der Waals surface area contributed by atoms with E-state index in [0.29, 0.717) is 5.57 Å². The lowest BCUT2D eigenvalue weighted by molar-refractivity contribution is -0.133. The van der Waals surface area contributed by atoms with E-state index in [-0.39, 0.29) is 35.2 Å². The lowest BCUT2D eigenvalue weighted by Gasteiger charge is -2.45. The maximum Gasteiger partial charge on any atom is 0.168 e. The summed E-state index contributed by atoms with van der Waals surface area (Å²) in [6, 6.07) is 9.57.